The lowest BCUT2D eigenvalue weighted by atomic mass is 9.89. The lowest BCUT2D eigenvalue weighted by Gasteiger charge is -2.29. The number of anilines is 1. The minimum atomic E-state index is -2.83. The van der Waals surface area contributed by atoms with Crippen LogP contribution in [0.1, 0.15) is 49.2 Å². The molecule has 48 heavy (non-hydrogen) atoms. The molecule has 2 atom stereocenters. The summed E-state index contributed by atoms with van der Waals surface area (Å²) < 4.78 is 41.9. The molecule has 0 spiro atoms. The SMILES string of the molecule is CC(C)(Cc1ccccc1-c1cccc(CC2CNCCO2)c1)Nc1nc(C2CNCCO2)nc(-n2c(C(F)F)nc3ccccc32)n1. The maximum absolute atomic E-state index is 14.3. The van der Waals surface area contributed by atoms with Gasteiger partial charge < -0.3 is 25.4 Å². The van der Waals surface area contributed by atoms with Gasteiger partial charge in [-0.2, -0.15) is 15.0 Å². The molecular weight excluding hydrogens is 614 g/mol. The smallest absolute Gasteiger partial charge is 0.296 e. The van der Waals surface area contributed by atoms with Crippen LogP contribution in [0.4, 0.5) is 14.7 Å². The molecular formula is C36H40F2N8O2. The summed E-state index contributed by atoms with van der Waals surface area (Å²) in [6.45, 7) is 8.32. The molecule has 2 aliphatic rings. The van der Waals surface area contributed by atoms with Crippen LogP contribution in [0.2, 0.25) is 0 Å². The van der Waals surface area contributed by atoms with Gasteiger partial charge in [-0.3, -0.25) is 4.57 Å². The number of para-hydroxylation sites is 2. The predicted octanol–water partition coefficient (Wildman–Crippen LogP) is 5.44. The van der Waals surface area contributed by atoms with E-state index in [0.29, 0.717) is 43.0 Å². The summed E-state index contributed by atoms with van der Waals surface area (Å²) in [6.07, 6.45) is -1.65. The van der Waals surface area contributed by atoms with Crippen LogP contribution in [-0.2, 0) is 22.3 Å². The summed E-state index contributed by atoms with van der Waals surface area (Å²) >= 11 is 0. The first-order valence-electron chi connectivity index (χ1n) is 16.4. The zero-order valence-electron chi connectivity index (χ0n) is 27.1. The van der Waals surface area contributed by atoms with Crippen LogP contribution in [0.25, 0.3) is 28.1 Å². The average molecular weight is 655 g/mol. The summed E-state index contributed by atoms with van der Waals surface area (Å²) in [5.41, 5.74) is 5.04. The number of imidazole rings is 1. The number of alkyl halides is 2. The van der Waals surface area contributed by atoms with E-state index in [0.717, 1.165) is 42.8 Å². The van der Waals surface area contributed by atoms with E-state index in [1.165, 1.54) is 10.1 Å². The fourth-order valence-corrected chi connectivity index (χ4v) is 6.47. The Labute approximate surface area is 278 Å². The van der Waals surface area contributed by atoms with Crippen molar-refractivity contribution in [3.63, 3.8) is 0 Å². The summed E-state index contributed by atoms with van der Waals surface area (Å²) in [6, 6.07) is 24.0. The van der Waals surface area contributed by atoms with E-state index in [2.05, 4.69) is 82.2 Å². The summed E-state index contributed by atoms with van der Waals surface area (Å²) in [5, 5.41) is 10.2. The fraction of sp³-hybridized carbons (Fsp3) is 0.389. The van der Waals surface area contributed by atoms with E-state index in [4.69, 9.17) is 19.4 Å². The van der Waals surface area contributed by atoms with E-state index in [-0.39, 0.29) is 18.0 Å². The highest BCUT2D eigenvalue weighted by molar-refractivity contribution is 5.77. The first-order chi connectivity index (χ1) is 23.3. The zero-order valence-corrected chi connectivity index (χ0v) is 27.1. The molecule has 12 heteroatoms. The first-order valence-corrected chi connectivity index (χ1v) is 16.4. The third-order valence-corrected chi connectivity index (χ3v) is 8.64. The second-order valence-corrected chi connectivity index (χ2v) is 12.9. The third kappa shape index (κ3) is 7.21. The zero-order chi connectivity index (χ0) is 33.1. The van der Waals surface area contributed by atoms with Crippen LogP contribution >= 0.6 is 0 Å². The Hall–Kier alpha value is -4.36. The maximum atomic E-state index is 14.3. The number of fused-ring (bicyclic) bond motifs is 1. The van der Waals surface area contributed by atoms with Gasteiger partial charge in [-0.15, -0.1) is 0 Å². The predicted molar refractivity (Wildman–Crippen MR) is 181 cm³/mol. The quantitative estimate of drug-likeness (QED) is 0.181. The van der Waals surface area contributed by atoms with Crippen LogP contribution in [-0.4, -0.2) is 75.5 Å². The maximum Gasteiger partial charge on any atom is 0.296 e. The second-order valence-electron chi connectivity index (χ2n) is 12.9. The molecule has 2 aromatic heterocycles. The van der Waals surface area contributed by atoms with Crippen molar-refractivity contribution in [2.45, 2.75) is 50.9 Å². The molecule has 2 unspecified atom stereocenters. The van der Waals surface area contributed by atoms with Gasteiger partial charge >= 0.3 is 0 Å². The van der Waals surface area contributed by atoms with Crippen molar-refractivity contribution in [3.05, 3.63) is 95.6 Å². The Morgan fingerprint density at radius 3 is 2.48 bits per heavy atom. The molecule has 0 amide bonds. The third-order valence-electron chi connectivity index (χ3n) is 8.64. The van der Waals surface area contributed by atoms with Gasteiger partial charge in [-0.1, -0.05) is 60.7 Å². The van der Waals surface area contributed by atoms with E-state index < -0.39 is 23.9 Å². The van der Waals surface area contributed by atoms with Crippen molar-refractivity contribution in [1.29, 1.82) is 0 Å². The fourth-order valence-electron chi connectivity index (χ4n) is 6.47. The molecule has 3 aromatic carbocycles. The average Bonchev–Trinajstić information content (AvgIpc) is 3.49. The Morgan fingerprint density at radius 1 is 0.896 bits per heavy atom. The number of ether oxygens (including phenoxy) is 2. The van der Waals surface area contributed by atoms with E-state index in [1.807, 2.05) is 6.07 Å². The van der Waals surface area contributed by atoms with Crippen molar-refractivity contribution >= 4 is 17.0 Å². The second kappa shape index (κ2) is 14.0. The minimum Gasteiger partial charge on any atom is -0.375 e. The topological polar surface area (TPSA) is 111 Å². The van der Waals surface area contributed by atoms with E-state index >= 15 is 0 Å². The number of hydrogen-bond acceptors (Lipinski definition) is 9. The van der Waals surface area contributed by atoms with Crippen molar-refractivity contribution < 1.29 is 18.3 Å². The Kier molecular flexibility index (Phi) is 9.40. The van der Waals surface area contributed by atoms with Crippen LogP contribution in [0, 0.1) is 0 Å². The van der Waals surface area contributed by atoms with Crippen molar-refractivity contribution in [3.8, 4) is 17.1 Å². The number of aromatic nitrogens is 5. The van der Waals surface area contributed by atoms with E-state index in [1.54, 1.807) is 24.3 Å². The highest BCUT2D eigenvalue weighted by atomic mass is 19.3. The normalized spacial score (nSPS) is 18.8. The molecule has 0 bridgehead atoms. The monoisotopic (exact) mass is 654 g/mol. The largest absolute Gasteiger partial charge is 0.375 e. The van der Waals surface area contributed by atoms with Crippen molar-refractivity contribution in [1.82, 2.24) is 35.1 Å². The molecule has 0 saturated carbocycles. The van der Waals surface area contributed by atoms with Gasteiger partial charge in [-0.25, -0.2) is 13.8 Å². The Balaban J connectivity index is 1.20. The summed E-state index contributed by atoms with van der Waals surface area (Å²) in [4.78, 5) is 18.3. The van der Waals surface area contributed by atoms with Crippen LogP contribution < -0.4 is 16.0 Å². The minimum absolute atomic E-state index is 0.0610. The molecule has 0 aliphatic carbocycles. The number of morpholine rings is 2. The van der Waals surface area contributed by atoms with Crippen molar-refractivity contribution in [2.75, 3.05) is 44.7 Å². The van der Waals surface area contributed by atoms with Gasteiger partial charge in [0.25, 0.3) is 6.43 Å². The molecule has 2 aliphatic heterocycles. The molecule has 0 radical (unpaired) electrons. The number of rotatable bonds is 10. The molecule has 250 valence electrons. The number of nitrogens with zero attached hydrogens (tertiary/aromatic N) is 5. The molecule has 7 rings (SSSR count). The van der Waals surface area contributed by atoms with Gasteiger partial charge in [0.05, 0.1) is 30.4 Å². The van der Waals surface area contributed by atoms with Crippen LogP contribution in [0.15, 0.2) is 72.8 Å². The standard InChI is InChI=1S/C36H40F2N8O2/c1-36(2,20-25-9-3-4-11-27(25)24-10-7-8-23(18-24)19-26-21-39-14-16-47-26)45-34-42-32(30-22-40-15-17-48-30)43-35(44-34)46-29-13-6-5-12-28(29)41-33(46)31(37)38/h3-13,18,26,30-31,39-40H,14-17,19-22H2,1-2H3,(H,42,43,44,45). The van der Waals surface area contributed by atoms with Crippen LogP contribution in [0.5, 0.6) is 0 Å². The van der Waals surface area contributed by atoms with Gasteiger partial charge in [0.2, 0.25) is 11.9 Å². The molecule has 3 N–H and O–H groups in total. The van der Waals surface area contributed by atoms with Crippen molar-refractivity contribution in [2.24, 2.45) is 0 Å². The molecule has 2 saturated heterocycles. The number of halogens is 2. The lowest BCUT2D eigenvalue weighted by molar-refractivity contribution is 0.0220. The number of nitrogens with one attached hydrogen (secondary N) is 3. The molecule has 10 nitrogen and oxygen atoms in total. The molecule has 2 fully saturated rings. The first kappa shape index (κ1) is 32.2. The van der Waals surface area contributed by atoms with Crippen LogP contribution in [0.3, 0.4) is 0 Å². The lowest BCUT2D eigenvalue weighted by Crippen LogP contribution is -2.39. The molecule has 5 aromatic rings. The Bertz CT molecular complexity index is 1870. The summed E-state index contributed by atoms with van der Waals surface area (Å²) in [7, 11) is 0. The van der Waals surface area contributed by atoms with E-state index in [9.17, 15) is 8.78 Å². The Morgan fingerprint density at radius 2 is 1.69 bits per heavy atom. The van der Waals surface area contributed by atoms with Gasteiger partial charge in [0.15, 0.2) is 11.6 Å². The highest BCUT2D eigenvalue weighted by Crippen LogP contribution is 2.31. The number of hydrogen-bond donors (Lipinski definition) is 3. The molecule has 4 heterocycles. The highest BCUT2D eigenvalue weighted by Gasteiger charge is 2.28. The van der Waals surface area contributed by atoms with Gasteiger partial charge in [-0.05, 0) is 61.1 Å². The number of benzene rings is 3. The van der Waals surface area contributed by atoms with Gasteiger partial charge in [0.1, 0.15) is 6.10 Å². The van der Waals surface area contributed by atoms with Gasteiger partial charge in [0, 0.05) is 31.7 Å². The summed E-state index contributed by atoms with van der Waals surface area (Å²) in [5.74, 6) is 0.264.